The Hall–Kier alpha value is -1.01. The number of rotatable bonds is 2. The van der Waals surface area contributed by atoms with E-state index < -0.39 is 0 Å². The van der Waals surface area contributed by atoms with Crippen LogP contribution in [-0.4, -0.2) is 0 Å². The maximum Gasteiger partial charge on any atom is 0.0619 e. The second-order valence-electron chi connectivity index (χ2n) is 5.11. The minimum Gasteiger partial charge on any atom is -0.117 e. The van der Waals surface area contributed by atoms with E-state index in [-0.39, 0.29) is 5.38 Å². The molecule has 2 aromatic carbocycles. The molecule has 1 saturated carbocycles. The molecule has 2 aromatic rings. The second kappa shape index (κ2) is 4.34. The molecule has 0 amide bonds. The van der Waals surface area contributed by atoms with Gasteiger partial charge in [-0.1, -0.05) is 42.8 Å². The van der Waals surface area contributed by atoms with Crippen molar-refractivity contribution in [2.24, 2.45) is 5.92 Å². The largest absolute Gasteiger partial charge is 0.117 e. The van der Waals surface area contributed by atoms with Gasteiger partial charge >= 0.3 is 0 Å². The number of hydrogen-bond acceptors (Lipinski definition) is 0. The highest BCUT2D eigenvalue weighted by Gasteiger charge is 2.27. The Morgan fingerprint density at radius 3 is 2.41 bits per heavy atom. The van der Waals surface area contributed by atoms with Crippen molar-refractivity contribution in [3.63, 3.8) is 0 Å². The van der Waals surface area contributed by atoms with Crippen LogP contribution in [0, 0.1) is 12.8 Å². The van der Waals surface area contributed by atoms with Crippen molar-refractivity contribution in [3.8, 4) is 0 Å². The summed E-state index contributed by atoms with van der Waals surface area (Å²) in [4.78, 5) is 0. The third kappa shape index (κ3) is 1.85. The van der Waals surface area contributed by atoms with Crippen LogP contribution in [0.5, 0.6) is 0 Å². The Bertz CT molecular complexity index is 540. The van der Waals surface area contributed by atoms with E-state index >= 15 is 0 Å². The van der Waals surface area contributed by atoms with E-state index in [1.54, 1.807) is 0 Å². The number of benzene rings is 2. The molecule has 0 aromatic heterocycles. The van der Waals surface area contributed by atoms with Crippen LogP contribution in [0.15, 0.2) is 36.4 Å². The molecule has 0 aliphatic heterocycles. The highest BCUT2D eigenvalue weighted by Crippen LogP contribution is 2.44. The molecule has 1 aliphatic rings. The van der Waals surface area contributed by atoms with Gasteiger partial charge in [-0.05, 0) is 47.6 Å². The van der Waals surface area contributed by atoms with Crippen molar-refractivity contribution in [2.45, 2.75) is 31.6 Å². The van der Waals surface area contributed by atoms with Gasteiger partial charge in [0.1, 0.15) is 0 Å². The standard InChI is InChI=1S/C16H17Cl/c1-11-9-10-15(16(17)12-5-4-6-12)14-8-3-2-7-13(11)14/h2-3,7-10,12,16H,4-6H2,1H3. The summed E-state index contributed by atoms with van der Waals surface area (Å²) in [5.74, 6) is 0.683. The van der Waals surface area contributed by atoms with E-state index in [2.05, 4.69) is 43.3 Å². The van der Waals surface area contributed by atoms with Crippen LogP contribution in [0.4, 0.5) is 0 Å². The average Bonchev–Trinajstić information content (AvgIpc) is 2.27. The lowest BCUT2D eigenvalue weighted by atomic mass is 9.79. The molecule has 1 unspecified atom stereocenters. The zero-order valence-electron chi connectivity index (χ0n) is 10.1. The quantitative estimate of drug-likeness (QED) is 0.635. The van der Waals surface area contributed by atoms with Gasteiger partial charge in [0.15, 0.2) is 0 Å². The zero-order chi connectivity index (χ0) is 11.8. The number of alkyl halides is 1. The average molecular weight is 245 g/mol. The number of aryl methyl sites for hydroxylation is 1. The van der Waals surface area contributed by atoms with Gasteiger partial charge in [0.2, 0.25) is 0 Å². The first-order valence-corrected chi connectivity index (χ1v) is 6.83. The summed E-state index contributed by atoms with van der Waals surface area (Å²) in [5.41, 5.74) is 2.65. The molecule has 1 atom stereocenters. The predicted molar refractivity (Wildman–Crippen MR) is 74.6 cm³/mol. The third-order valence-corrected chi connectivity index (χ3v) is 4.63. The van der Waals surface area contributed by atoms with Crippen molar-refractivity contribution in [3.05, 3.63) is 47.5 Å². The molecule has 17 heavy (non-hydrogen) atoms. The minimum absolute atomic E-state index is 0.189. The summed E-state index contributed by atoms with van der Waals surface area (Å²) in [6.45, 7) is 2.17. The first-order chi connectivity index (χ1) is 8.27. The van der Waals surface area contributed by atoms with Gasteiger partial charge in [-0.15, -0.1) is 11.6 Å². The van der Waals surface area contributed by atoms with E-state index in [0.29, 0.717) is 5.92 Å². The fourth-order valence-corrected chi connectivity index (χ4v) is 3.14. The normalized spacial score (nSPS) is 18.0. The molecule has 88 valence electrons. The van der Waals surface area contributed by atoms with Gasteiger partial charge in [-0.25, -0.2) is 0 Å². The Morgan fingerprint density at radius 1 is 1.06 bits per heavy atom. The maximum atomic E-state index is 6.64. The summed E-state index contributed by atoms with van der Waals surface area (Å²) in [6.07, 6.45) is 3.92. The zero-order valence-corrected chi connectivity index (χ0v) is 10.9. The second-order valence-corrected chi connectivity index (χ2v) is 5.58. The molecular formula is C16H17Cl. The summed E-state index contributed by atoms with van der Waals surface area (Å²) in [5, 5.41) is 2.86. The first kappa shape index (κ1) is 11.1. The molecule has 0 N–H and O–H groups in total. The molecule has 0 saturated heterocycles. The molecular weight excluding hydrogens is 228 g/mol. The van der Waals surface area contributed by atoms with Crippen molar-refractivity contribution in [1.29, 1.82) is 0 Å². The van der Waals surface area contributed by atoms with Crippen molar-refractivity contribution in [2.75, 3.05) is 0 Å². The van der Waals surface area contributed by atoms with E-state index in [1.807, 2.05) is 0 Å². The van der Waals surface area contributed by atoms with E-state index in [9.17, 15) is 0 Å². The van der Waals surface area contributed by atoms with Gasteiger partial charge in [-0.2, -0.15) is 0 Å². The highest BCUT2D eigenvalue weighted by atomic mass is 35.5. The summed E-state index contributed by atoms with van der Waals surface area (Å²) in [6, 6.07) is 13.0. The Labute approximate surface area is 108 Å². The number of fused-ring (bicyclic) bond motifs is 1. The Kier molecular flexibility index (Phi) is 2.84. The van der Waals surface area contributed by atoms with Crippen LogP contribution >= 0.6 is 11.6 Å². The maximum absolute atomic E-state index is 6.64. The monoisotopic (exact) mass is 244 g/mol. The number of hydrogen-bond donors (Lipinski definition) is 0. The molecule has 0 radical (unpaired) electrons. The van der Waals surface area contributed by atoms with E-state index in [1.165, 1.54) is 41.2 Å². The Balaban J connectivity index is 2.12. The number of halogens is 1. The highest BCUT2D eigenvalue weighted by molar-refractivity contribution is 6.22. The molecule has 1 fully saturated rings. The minimum atomic E-state index is 0.189. The van der Waals surface area contributed by atoms with E-state index in [4.69, 9.17) is 11.6 Å². The fourth-order valence-electron chi connectivity index (χ4n) is 2.70. The molecule has 0 spiro atoms. The first-order valence-electron chi connectivity index (χ1n) is 6.39. The predicted octanol–water partition coefficient (Wildman–Crippen LogP) is 5.23. The molecule has 3 rings (SSSR count). The van der Waals surface area contributed by atoms with Gasteiger partial charge in [0, 0.05) is 0 Å². The summed E-state index contributed by atoms with van der Waals surface area (Å²) >= 11 is 6.64. The van der Waals surface area contributed by atoms with Gasteiger partial charge in [-0.3, -0.25) is 0 Å². The summed E-state index contributed by atoms with van der Waals surface area (Å²) < 4.78 is 0. The van der Waals surface area contributed by atoms with Crippen LogP contribution < -0.4 is 0 Å². The lowest BCUT2D eigenvalue weighted by Gasteiger charge is -2.30. The summed E-state index contributed by atoms with van der Waals surface area (Å²) in [7, 11) is 0. The van der Waals surface area contributed by atoms with Gasteiger partial charge < -0.3 is 0 Å². The van der Waals surface area contributed by atoms with Gasteiger partial charge in [0.05, 0.1) is 5.38 Å². The van der Waals surface area contributed by atoms with Crippen LogP contribution in [0.25, 0.3) is 10.8 Å². The SMILES string of the molecule is Cc1ccc(C(Cl)C2CCC2)c2ccccc12. The Morgan fingerprint density at radius 2 is 1.76 bits per heavy atom. The topological polar surface area (TPSA) is 0 Å². The molecule has 0 bridgehead atoms. The third-order valence-electron chi connectivity index (χ3n) is 4.04. The lowest BCUT2D eigenvalue weighted by Crippen LogP contribution is -2.16. The van der Waals surface area contributed by atoms with Crippen molar-refractivity contribution < 1.29 is 0 Å². The van der Waals surface area contributed by atoms with E-state index in [0.717, 1.165) is 0 Å². The van der Waals surface area contributed by atoms with Crippen molar-refractivity contribution in [1.82, 2.24) is 0 Å². The van der Waals surface area contributed by atoms with Crippen LogP contribution in [-0.2, 0) is 0 Å². The fraction of sp³-hybridized carbons (Fsp3) is 0.375. The van der Waals surface area contributed by atoms with Crippen LogP contribution in [0.1, 0.15) is 35.8 Å². The molecule has 0 nitrogen and oxygen atoms in total. The van der Waals surface area contributed by atoms with Gasteiger partial charge in [0.25, 0.3) is 0 Å². The molecule has 0 heterocycles. The molecule has 1 aliphatic carbocycles. The molecule has 1 heteroatoms. The van der Waals surface area contributed by atoms with Crippen LogP contribution in [0.2, 0.25) is 0 Å². The smallest absolute Gasteiger partial charge is 0.0619 e. The lowest BCUT2D eigenvalue weighted by molar-refractivity contribution is 0.306. The van der Waals surface area contributed by atoms with Crippen LogP contribution in [0.3, 0.4) is 0 Å². The van der Waals surface area contributed by atoms with Crippen molar-refractivity contribution >= 4 is 22.4 Å².